The van der Waals surface area contributed by atoms with Gasteiger partial charge in [-0.1, -0.05) is 30.3 Å². The van der Waals surface area contributed by atoms with Gasteiger partial charge in [0.15, 0.2) is 6.61 Å². The van der Waals surface area contributed by atoms with E-state index in [9.17, 15) is 14.4 Å². The van der Waals surface area contributed by atoms with Gasteiger partial charge in [0.2, 0.25) is 5.91 Å². The van der Waals surface area contributed by atoms with Crippen LogP contribution in [-0.2, 0) is 24.5 Å². The van der Waals surface area contributed by atoms with Crippen molar-refractivity contribution >= 4 is 17.8 Å². The van der Waals surface area contributed by atoms with Crippen molar-refractivity contribution in [3.8, 4) is 0 Å². The maximum Gasteiger partial charge on any atom is 0.317 e. The fourth-order valence-corrected chi connectivity index (χ4v) is 3.29. The summed E-state index contributed by atoms with van der Waals surface area (Å²) in [6.45, 7) is 7.83. The van der Waals surface area contributed by atoms with Gasteiger partial charge in [0.1, 0.15) is 0 Å². The largest absolute Gasteiger partial charge is 0.455 e. The lowest BCUT2D eigenvalue weighted by atomic mass is 9.72. The molecule has 0 spiro atoms. The molecule has 0 atom stereocenters. The van der Waals surface area contributed by atoms with Gasteiger partial charge >= 0.3 is 5.97 Å². The predicted octanol–water partition coefficient (Wildman–Crippen LogP) is 2.02. The third kappa shape index (κ3) is 4.84. The smallest absolute Gasteiger partial charge is 0.317 e. The van der Waals surface area contributed by atoms with Crippen molar-refractivity contribution in [1.82, 2.24) is 10.2 Å². The van der Waals surface area contributed by atoms with E-state index in [0.29, 0.717) is 25.9 Å². The maximum atomic E-state index is 13.0. The van der Waals surface area contributed by atoms with Crippen LogP contribution in [0.4, 0.5) is 0 Å². The molecule has 1 N–H and O–H groups in total. The highest BCUT2D eigenvalue weighted by Gasteiger charge is 2.44. The number of piperidine rings is 1. The first-order chi connectivity index (χ1) is 12.1. The Balaban J connectivity index is 2.14. The van der Waals surface area contributed by atoms with E-state index in [2.05, 4.69) is 5.32 Å². The van der Waals surface area contributed by atoms with Crippen molar-refractivity contribution in [3.63, 3.8) is 0 Å². The van der Waals surface area contributed by atoms with Gasteiger partial charge in [-0.25, -0.2) is 0 Å². The normalized spacial score (nSPS) is 16.7. The van der Waals surface area contributed by atoms with Gasteiger partial charge in [0.05, 0.1) is 5.41 Å². The van der Waals surface area contributed by atoms with E-state index in [-0.39, 0.29) is 24.0 Å². The monoisotopic (exact) mass is 360 g/mol. The molecule has 0 radical (unpaired) electrons. The first kappa shape index (κ1) is 19.9. The molecule has 1 aliphatic rings. The van der Waals surface area contributed by atoms with Crippen molar-refractivity contribution in [2.75, 3.05) is 19.7 Å². The Hall–Kier alpha value is -2.37. The second-order valence-electron chi connectivity index (χ2n) is 7.83. The van der Waals surface area contributed by atoms with Crippen LogP contribution >= 0.6 is 0 Å². The Kier molecular flexibility index (Phi) is 6.05. The number of ether oxygens (including phenoxy) is 1. The number of esters is 1. The minimum absolute atomic E-state index is 0.00424. The number of nitrogens with one attached hydrogen (secondary N) is 1. The number of benzene rings is 1. The number of hydrogen-bond donors (Lipinski definition) is 1. The number of likely N-dealkylation sites (tertiary alicyclic amines) is 1. The highest BCUT2D eigenvalue weighted by molar-refractivity contribution is 5.87. The second-order valence-corrected chi connectivity index (χ2v) is 7.83. The van der Waals surface area contributed by atoms with Crippen LogP contribution in [0.25, 0.3) is 0 Å². The van der Waals surface area contributed by atoms with Crippen molar-refractivity contribution in [2.45, 2.75) is 51.5 Å². The van der Waals surface area contributed by atoms with Crippen LogP contribution in [0, 0.1) is 0 Å². The molecule has 0 saturated carbocycles. The molecule has 0 aliphatic carbocycles. The first-order valence-corrected chi connectivity index (χ1v) is 8.93. The van der Waals surface area contributed by atoms with E-state index in [1.54, 1.807) is 4.90 Å². The summed E-state index contributed by atoms with van der Waals surface area (Å²) in [6.07, 6.45) is 0.965. The molecule has 1 saturated heterocycles. The Morgan fingerprint density at radius 2 is 1.69 bits per heavy atom. The summed E-state index contributed by atoms with van der Waals surface area (Å²) in [7, 11) is 0. The fraction of sp³-hybridized carbons (Fsp3) is 0.550. The third-order valence-corrected chi connectivity index (χ3v) is 4.63. The zero-order valence-corrected chi connectivity index (χ0v) is 16.0. The molecule has 2 rings (SSSR count). The Morgan fingerprint density at radius 3 is 2.19 bits per heavy atom. The quantitative estimate of drug-likeness (QED) is 0.834. The Bertz CT molecular complexity index is 656. The van der Waals surface area contributed by atoms with E-state index < -0.39 is 11.4 Å². The number of amides is 2. The van der Waals surface area contributed by atoms with Crippen molar-refractivity contribution in [1.29, 1.82) is 0 Å². The lowest BCUT2D eigenvalue weighted by molar-refractivity contribution is -0.157. The number of rotatable bonds is 4. The molecule has 1 aromatic carbocycles. The van der Waals surface area contributed by atoms with Gasteiger partial charge in [-0.3, -0.25) is 14.4 Å². The van der Waals surface area contributed by atoms with E-state index in [4.69, 9.17) is 4.74 Å². The highest BCUT2D eigenvalue weighted by atomic mass is 16.5. The highest BCUT2D eigenvalue weighted by Crippen LogP contribution is 2.37. The predicted molar refractivity (Wildman–Crippen MR) is 98.5 cm³/mol. The van der Waals surface area contributed by atoms with Crippen molar-refractivity contribution < 1.29 is 19.1 Å². The maximum absolute atomic E-state index is 13.0. The van der Waals surface area contributed by atoms with E-state index in [1.165, 1.54) is 6.92 Å². The summed E-state index contributed by atoms with van der Waals surface area (Å²) in [5.41, 5.74) is -0.340. The molecule has 6 heteroatoms. The summed E-state index contributed by atoms with van der Waals surface area (Å²) in [5.74, 6) is -0.726. The summed E-state index contributed by atoms with van der Waals surface area (Å²) in [5, 5.41) is 2.78. The average molecular weight is 360 g/mol. The molecular weight excluding hydrogens is 332 g/mol. The molecule has 1 heterocycles. The Labute approximate surface area is 154 Å². The summed E-state index contributed by atoms with van der Waals surface area (Å²) in [6, 6.07) is 9.46. The van der Waals surface area contributed by atoms with Gasteiger partial charge in [0, 0.05) is 25.6 Å². The van der Waals surface area contributed by atoms with Crippen LogP contribution in [0.2, 0.25) is 0 Å². The second kappa shape index (κ2) is 7.89. The van der Waals surface area contributed by atoms with Crippen molar-refractivity contribution in [3.05, 3.63) is 35.9 Å². The first-order valence-electron chi connectivity index (χ1n) is 8.93. The zero-order valence-electron chi connectivity index (χ0n) is 16.0. The molecule has 0 unspecified atom stereocenters. The van der Waals surface area contributed by atoms with Gasteiger partial charge < -0.3 is 15.0 Å². The van der Waals surface area contributed by atoms with Crippen LogP contribution < -0.4 is 5.32 Å². The molecular formula is C20H28N2O4. The van der Waals surface area contributed by atoms with Gasteiger partial charge in [0.25, 0.3) is 5.91 Å². The van der Waals surface area contributed by atoms with E-state index >= 15 is 0 Å². The molecule has 1 aliphatic heterocycles. The summed E-state index contributed by atoms with van der Waals surface area (Å²) < 4.78 is 5.39. The fourth-order valence-electron chi connectivity index (χ4n) is 3.29. The van der Waals surface area contributed by atoms with Crippen LogP contribution in [0.15, 0.2) is 30.3 Å². The number of hydrogen-bond acceptors (Lipinski definition) is 4. The zero-order chi connectivity index (χ0) is 19.4. The number of nitrogens with zero attached hydrogens (tertiary/aromatic N) is 1. The molecule has 2 amide bonds. The van der Waals surface area contributed by atoms with Crippen LogP contribution in [0.3, 0.4) is 0 Å². The van der Waals surface area contributed by atoms with Gasteiger partial charge in [-0.05, 0) is 39.2 Å². The average Bonchev–Trinajstić information content (AvgIpc) is 2.59. The third-order valence-electron chi connectivity index (χ3n) is 4.63. The van der Waals surface area contributed by atoms with Crippen molar-refractivity contribution in [2.24, 2.45) is 0 Å². The molecule has 0 bridgehead atoms. The van der Waals surface area contributed by atoms with Crippen LogP contribution in [0.1, 0.15) is 46.1 Å². The molecule has 1 aromatic rings. The molecule has 26 heavy (non-hydrogen) atoms. The molecule has 142 valence electrons. The molecule has 0 aromatic heterocycles. The van der Waals surface area contributed by atoms with Gasteiger partial charge in [-0.15, -0.1) is 0 Å². The minimum Gasteiger partial charge on any atom is -0.455 e. The lowest BCUT2D eigenvalue weighted by Crippen LogP contribution is -2.50. The minimum atomic E-state index is -0.824. The lowest BCUT2D eigenvalue weighted by Gasteiger charge is -2.40. The van der Waals surface area contributed by atoms with Crippen LogP contribution in [0.5, 0.6) is 0 Å². The Morgan fingerprint density at radius 1 is 1.12 bits per heavy atom. The van der Waals surface area contributed by atoms with E-state index in [1.807, 2.05) is 51.1 Å². The topological polar surface area (TPSA) is 75.7 Å². The summed E-state index contributed by atoms with van der Waals surface area (Å²) >= 11 is 0. The standard InChI is InChI=1S/C20H28N2O4/c1-15(23)22-12-10-20(11-13-22,16-8-6-5-7-9-16)18(25)26-14-17(24)21-19(2,3)4/h5-9H,10-14H2,1-4H3,(H,21,24). The van der Waals surface area contributed by atoms with Gasteiger partial charge in [-0.2, -0.15) is 0 Å². The van der Waals surface area contributed by atoms with E-state index in [0.717, 1.165) is 5.56 Å². The molecule has 1 fully saturated rings. The number of carbonyl (C=O) groups is 3. The summed E-state index contributed by atoms with van der Waals surface area (Å²) in [4.78, 5) is 38.3. The SMILES string of the molecule is CC(=O)N1CCC(C(=O)OCC(=O)NC(C)(C)C)(c2ccccc2)CC1. The van der Waals surface area contributed by atoms with Crippen LogP contribution in [-0.4, -0.2) is 47.9 Å². The number of carbonyl (C=O) groups excluding carboxylic acids is 3. The molecule has 6 nitrogen and oxygen atoms in total.